The van der Waals surface area contributed by atoms with Crippen LogP contribution < -0.4 is 4.74 Å². The van der Waals surface area contributed by atoms with E-state index in [0.29, 0.717) is 27.4 Å². The Labute approximate surface area is 139 Å². The highest BCUT2D eigenvalue weighted by Crippen LogP contribution is 2.41. The highest BCUT2D eigenvalue weighted by Gasteiger charge is 2.23. The maximum absolute atomic E-state index is 11.3. The molecule has 0 atom stereocenters. The molecule has 0 saturated carbocycles. The van der Waals surface area contributed by atoms with Gasteiger partial charge in [-0.2, -0.15) is 0 Å². The van der Waals surface area contributed by atoms with Gasteiger partial charge < -0.3 is 4.74 Å². The predicted octanol–water partition coefficient (Wildman–Crippen LogP) is 5.46. The van der Waals surface area contributed by atoms with E-state index in [9.17, 15) is 10.1 Å². The van der Waals surface area contributed by atoms with E-state index in [-0.39, 0.29) is 5.69 Å². The van der Waals surface area contributed by atoms with E-state index >= 15 is 0 Å². The van der Waals surface area contributed by atoms with Crippen LogP contribution >= 0.6 is 27.7 Å². The minimum atomic E-state index is -0.413. The first-order valence-corrected chi connectivity index (χ1v) is 7.45. The first kappa shape index (κ1) is 14.9. The van der Waals surface area contributed by atoms with Crippen LogP contribution in [0.3, 0.4) is 0 Å². The van der Waals surface area contributed by atoms with Gasteiger partial charge in [-0.25, -0.2) is 0 Å². The maximum atomic E-state index is 11.3. The first-order valence-electron chi connectivity index (χ1n) is 6.37. The zero-order valence-electron chi connectivity index (χ0n) is 11.4. The number of benzene rings is 2. The Bertz CT molecular complexity index is 875. The van der Waals surface area contributed by atoms with Crippen LogP contribution in [0.1, 0.15) is 5.69 Å². The molecule has 22 heavy (non-hydrogen) atoms. The van der Waals surface area contributed by atoms with Crippen molar-refractivity contribution in [1.29, 1.82) is 0 Å². The molecule has 1 heterocycles. The fraction of sp³-hybridized carbons (Fsp3) is 0.0667. The lowest BCUT2D eigenvalue weighted by molar-refractivity contribution is -0.383. The maximum Gasteiger partial charge on any atom is 0.282 e. The van der Waals surface area contributed by atoms with Crippen LogP contribution in [0.5, 0.6) is 11.5 Å². The van der Waals surface area contributed by atoms with Crippen LogP contribution in [0.2, 0.25) is 5.02 Å². The number of halogens is 2. The van der Waals surface area contributed by atoms with Gasteiger partial charge in [-0.3, -0.25) is 13.7 Å². The number of non-ortho nitro benzene ring substituents is 1. The van der Waals surface area contributed by atoms with E-state index < -0.39 is 4.92 Å². The lowest BCUT2D eigenvalue weighted by Gasteiger charge is -2.06. The number of ether oxygens (including phenoxy) is 1. The van der Waals surface area contributed by atoms with Crippen molar-refractivity contribution in [1.82, 2.24) is 3.59 Å². The Morgan fingerprint density at radius 1 is 1.23 bits per heavy atom. The zero-order valence-corrected chi connectivity index (χ0v) is 13.8. The number of nitro groups is 1. The Balaban J connectivity index is 2.22. The Morgan fingerprint density at radius 2 is 1.91 bits per heavy atom. The summed E-state index contributed by atoms with van der Waals surface area (Å²) in [7, 11) is 0. The summed E-state index contributed by atoms with van der Waals surface area (Å²) in [4.78, 5) is 10.9. The number of rotatable bonds is 3. The second-order valence-electron chi connectivity index (χ2n) is 4.68. The summed E-state index contributed by atoms with van der Waals surface area (Å²) >= 11 is 9.26. The van der Waals surface area contributed by atoms with Crippen LogP contribution in [0.25, 0.3) is 10.9 Å². The molecule has 0 aliphatic rings. The van der Waals surface area contributed by atoms with E-state index in [1.807, 2.05) is 6.92 Å². The number of hydrogen-bond donors (Lipinski definition) is 0. The normalized spacial score (nSPS) is 10.9. The molecular weight excluding hydrogens is 372 g/mol. The summed E-state index contributed by atoms with van der Waals surface area (Å²) in [6.07, 6.45) is 0. The topological polar surface area (TPSA) is 57.3 Å². The van der Waals surface area contributed by atoms with Crippen molar-refractivity contribution in [3.63, 3.8) is 0 Å². The summed E-state index contributed by atoms with van der Waals surface area (Å²) in [5, 5.41) is 12.3. The lowest BCUT2D eigenvalue weighted by Crippen LogP contribution is -1.90. The minimum absolute atomic E-state index is 0.00256. The molecule has 112 valence electrons. The molecule has 3 rings (SSSR count). The molecular formula is C15H10BrClN2O3. The highest BCUT2D eigenvalue weighted by atomic mass is 79.9. The van der Waals surface area contributed by atoms with Crippen LogP contribution in [0.4, 0.5) is 5.69 Å². The van der Waals surface area contributed by atoms with E-state index in [0.717, 1.165) is 5.69 Å². The van der Waals surface area contributed by atoms with E-state index in [1.165, 1.54) is 6.07 Å². The third-order valence-corrected chi connectivity index (χ3v) is 4.48. The summed E-state index contributed by atoms with van der Waals surface area (Å²) in [6.45, 7) is 1.82. The zero-order chi connectivity index (χ0) is 15.9. The largest absolute Gasteiger partial charge is 0.455 e. The van der Waals surface area contributed by atoms with Crippen LogP contribution in [0, 0.1) is 17.0 Å². The van der Waals surface area contributed by atoms with Crippen LogP contribution in [0.15, 0.2) is 42.5 Å². The molecule has 2 aromatic carbocycles. The van der Waals surface area contributed by atoms with Crippen molar-refractivity contribution in [3.05, 3.63) is 63.3 Å². The fourth-order valence-corrected chi connectivity index (χ4v) is 2.86. The number of nitrogens with zero attached hydrogens (tertiary/aromatic N) is 2. The lowest BCUT2D eigenvalue weighted by atomic mass is 10.2. The monoisotopic (exact) mass is 380 g/mol. The van der Waals surface area contributed by atoms with Crippen molar-refractivity contribution in [2.75, 3.05) is 0 Å². The van der Waals surface area contributed by atoms with Gasteiger partial charge in [0.15, 0.2) is 5.75 Å². The number of nitro benzene ring substituents is 1. The molecule has 0 unspecified atom stereocenters. The standard InChI is InChI=1S/C15H10BrClN2O3/c1-9-15(22-11-7-5-10(17)6-8-11)14-12(18(9)16)3-2-4-13(14)19(20)21/h2-8H,1H3. The second kappa shape index (κ2) is 5.62. The molecule has 3 aromatic rings. The van der Waals surface area contributed by atoms with Crippen LogP contribution in [-0.4, -0.2) is 8.52 Å². The molecule has 7 heteroatoms. The first-order chi connectivity index (χ1) is 10.5. The third-order valence-electron chi connectivity index (χ3n) is 3.31. The van der Waals surface area contributed by atoms with E-state index in [2.05, 4.69) is 16.1 Å². The van der Waals surface area contributed by atoms with Crippen molar-refractivity contribution < 1.29 is 9.66 Å². The molecule has 5 nitrogen and oxygen atoms in total. The average Bonchev–Trinajstić information content (AvgIpc) is 2.74. The van der Waals surface area contributed by atoms with Crippen molar-refractivity contribution in [3.8, 4) is 11.5 Å². The Hall–Kier alpha value is -2.05. The second-order valence-corrected chi connectivity index (χ2v) is 5.83. The SMILES string of the molecule is Cc1c(Oc2ccc(Cl)cc2)c2c([N+](=O)[O-])cccc2n1Br. The van der Waals surface area contributed by atoms with Gasteiger partial charge in [0.2, 0.25) is 0 Å². The van der Waals surface area contributed by atoms with Crippen LogP contribution in [-0.2, 0) is 0 Å². The van der Waals surface area contributed by atoms with Gasteiger partial charge in [-0.15, -0.1) is 0 Å². The summed E-state index contributed by atoms with van der Waals surface area (Å²) < 4.78 is 7.57. The molecule has 0 N–H and O–H groups in total. The molecule has 0 amide bonds. The molecule has 0 aliphatic carbocycles. The molecule has 0 aliphatic heterocycles. The smallest absolute Gasteiger partial charge is 0.282 e. The van der Waals surface area contributed by atoms with Gasteiger partial charge >= 0.3 is 0 Å². The fourth-order valence-electron chi connectivity index (χ4n) is 2.27. The number of aromatic nitrogens is 1. The number of fused-ring (bicyclic) bond motifs is 1. The molecule has 0 fully saturated rings. The van der Waals surface area contributed by atoms with Crippen molar-refractivity contribution in [2.24, 2.45) is 0 Å². The van der Waals surface area contributed by atoms with Crippen molar-refractivity contribution >= 4 is 44.3 Å². The molecule has 1 aromatic heterocycles. The van der Waals surface area contributed by atoms with Gasteiger partial charge in [0.05, 0.1) is 32.3 Å². The Morgan fingerprint density at radius 3 is 2.55 bits per heavy atom. The average molecular weight is 382 g/mol. The molecule has 0 saturated heterocycles. The summed E-state index contributed by atoms with van der Waals surface area (Å²) in [5.74, 6) is 1.01. The number of hydrogen-bond acceptors (Lipinski definition) is 3. The molecule has 0 bridgehead atoms. The third kappa shape index (κ3) is 2.44. The summed E-state index contributed by atoms with van der Waals surface area (Å²) in [6, 6.07) is 11.7. The van der Waals surface area contributed by atoms with E-state index in [1.54, 1.807) is 40.0 Å². The van der Waals surface area contributed by atoms with E-state index in [4.69, 9.17) is 16.3 Å². The van der Waals surface area contributed by atoms with Gasteiger partial charge in [0, 0.05) is 11.1 Å². The predicted molar refractivity (Wildman–Crippen MR) is 89.2 cm³/mol. The highest BCUT2D eigenvalue weighted by molar-refractivity contribution is 9.08. The molecule has 0 radical (unpaired) electrons. The molecule has 0 spiro atoms. The van der Waals surface area contributed by atoms with Gasteiger partial charge in [-0.05, 0) is 37.3 Å². The summed E-state index contributed by atoms with van der Waals surface area (Å²) in [5.41, 5.74) is 1.41. The van der Waals surface area contributed by atoms with Gasteiger partial charge in [-0.1, -0.05) is 17.7 Å². The Kier molecular flexibility index (Phi) is 3.80. The van der Waals surface area contributed by atoms with Gasteiger partial charge in [0.25, 0.3) is 5.69 Å². The van der Waals surface area contributed by atoms with Gasteiger partial charge in [0.1, 0.15) is 11.1 Å². The minimum Gasteiger partial charge on any atom is -0.455 e. The van der Waals surface area contributed by atoms with Crippen molar-refractivity contribution in [2.45, 2.75) is 6.92 Å². The quantitative estimate of drug-likeness (QED) is 0.447.